The Hall–Kier alpha value is -1.39. The smallest absolute Gasteiger partial charge is 0.240 e. The lowest BCUT2D eigenvalue weighted by Crippen LogP contribution is -2.53. The van der Waals surface area contributed by atoms with E-state index in [1.807, 2.05) is 44.2 Å². The number of carbonyl (C=O) groups excluding carboxylic acids is 1. The molecule has 0 saturated carbocycles. The first-order valence-electron chi connectivity index (χ1n) is 7.19. The summed E-state index contributed by atoms with van der Waals surface area (Å²) in [5.41, 5.74) is 6.00. The Morgan fingerprint density at radius 3 is 2.55 bits per heavy atom. The molecule has 4 heteroatoms. The zero-order valence-electron chi connectivity index (χ0n) is 12.6. The minimum atomic E-state index is -0.847. The van der Waals surface area contributed by atoms with E-state index in [0.717, 1.165) is 12.0 Å². The van der Waals surface area contributed by atoms with E-state index in [2.05, 4.69) is 5.32 Å². The first kappa shape index (κ1) is 16.7. The third-order valence-electron chi connectivity index (χ3n) is 3.43. The van der Waals surface area contributed by atoms with Gasteiger partial charge in [-0.05, 0) is 32.3 Å². The van der Waals surface area contributed by atoms with Crippen LogP contribution < -0.4 is 11.1 Å². The standard InChI is InChI=1S/C16H26N2O2/c1-4-10-16(3,17)15(20)18-12(2)11-14(19)13-8-6-5-7-9-13/h5-9,12,14,19H,4,10-11,17H2,1-3H3,(H,18,20). The zero-order chi connectivity index (χ0) is 15.2. The number of hydrogen-bond acceptors (Lipinski definition) is 3. The maximum atomic E-state index is 12.1. The molecule has 4 N–H and O–H groups in total. The molecule has 0 aliphatic rings. The van der Waals surface area contributed by atoms with Gasteiger partial charge in [-0.2, -0.15) is 0 Å². The molecule has 1 aromatic rings. The number of nitrogens with two attached hydrogens (primary N) is 1. The molecule has 0 radical (unpaired) electrons. The Labute approximate surface area is 121 Å². The highest BCUT2D eigenvalue weighted by atomic mass is 16.3. The largest absolute Gasteiger partial charge is 0.388 e. The molecule has 112 valence electrons. The minimum absolute atomic E-state index is 0.127. The predicted molar refractivity (Wildman–Crippen MR) is 81.1 cm³/mol. The van der Waals surface area contributed by atoms with E-state index < -0.39 is 11.6 Å². The van der Waals surface area contributed by atoms with Gasteiger partial charge in [-0.25, -0.2) is 0 Å². The number of hydrogen-bond donors (Lipinski definition) is 3. The first-order chi connectivity index (χ1) is 9.36. The summed E-state index contributed by atoms with van der Waals surface area (Å²) >= 11 is 0. The molecule has 0 heterocycles. The summed E-state index contributed by atoms with van der Waals surface area (Å²) in [6.45, 7) is 5.62. The predicted octanol–water partition coefficient (Wildman–Crippen LogP) is 2.13. The SMILES string of the molecule is CCCC(C)(N)C(=O)NC(C)CC(O)c1ccccc1. The fraction of sp³-hybridized carbons (Fsp3) is 0.562. The molecule has 0 bridgehead atoms. The minimum Gasteiger partial charge on any atom is -0.388 e. The van der Waals surface area contributed by atoms with Crippen LogP contribution in [0.2, 0.25) is 0 Å². The Bertz CT molecular complexity index is 418. The number of aliphatic hydroxyl groups is 1. The van der Waals surface area contributed by atoms with Gasteiger partial charge >= 0.3 is 0 Å². The molecule has 20 heavy (non-hydrogen) atoms. The van der Waals surface area contributed by atoms with Crippen LogP contribution in [0.5, 0.6) is 0 Å². The maximum Gasteiger partial charge on any atom is 0.240 e. The van der Waals surface area contributed by atoms with E-state index in [4.69, 9.17) is 5.73 Å². The van der Waals surface area contributed by atoms with Crippen molar-refractivity contribution in [2.75, 3.05) is 0 Å². The number of carbonyl (C=O) groups is 1. The molecule has 0 spiro atoms. The number of nitrogens with one attached hydrogen (secondary N) is 1. The van der Waals surface area contributed by atoms with Crippen molar-refractivity contribution < 1.29 is 9.90 Å². The van der Waals surface area contributed by atoms with Crippen molar-refractivity contribution in [1.29, 1.82) is 0 Å². The highest BCUT2D eigenvalue weighted by Gasteiger charge is 2.28. The molecular weight excluding hydrogens is 252 g/mol. The topological polar surface area (TPSA) is 75.4 Å². The van der Waals surface area contributed by atoms with Gasteiger partial charge in [-0.3, -0.25) is 4.79 Å². The molecular formula is C16H26N2O2. The highest BCUT2D eigenvalue weighted by Crippen LogP contribution is 2.18. The van der Waals surface area contributed by atoms with E-state index >= 15 is 0 Å². The van der Waals surface area contributed by atoms with Gasteiger partial charge in [0, 0.05) is 6.04 Å². The van der Waals surface area contributed by atoms with E-state index in [0.29, 0.717) is 12.8 Å². The molecule has 1 rings (SSSR count). The molecule has 4 nitrogen and oxygen atoms in total. The Morgan fingerprint density at radius 2 is 2.00 bits per heavy atom. The maximum absolute atomic E-state index is 12.1. The van der Waals surface area contributed by atoms with Crippen LogP contribution in [-0.4, -0.2) is 22.6 Å². The lowest BCUT2D eigenvalue weighted by molar-refractivity contribution is -0.126. The summed E-state index contributed by atoms with van der Waals surface area (Å²) in [6.07, 6.45) is 1.40. The van der Waals surface area contributed by atoms with E-state index in [1.54, 1.807) is 6.92 Å². The van der Waals surface area contributed by atoms with Crippen molar-refractivity contribution in [2.24, 2.45) is 5.73 Å². The monoisotopic (exact) mass is 278 g/mol. The fourth-order valence-corrected chi connectivity index (χ4v) is 2.23. The van der Waals surface area contributed by atoms with Crippen LogP contribution in [0.1, 0.15) is 51.7 Å². The van der Waals surface area contributed by atoms with E-state index in [9.17, 15) is 9.90 Å². The molecule has 1 aromatic carbocycles. The van der Waals surface area contributed by atoms with Crippen molar-refractivity contribution >= 4 is 5.91 Å². The summed E-state index contributed by atoms with van der Waals surface area (Å²) in [6, 6.07) is 9.32. The molecule has 0 aromatic heterocycles. The van der Waals surface area contributed by atoms with E-state index in [1.165, 1.54) is 0 Å². The van der Waals surface area contributed by atoms with Gasteiger partial charge < -0.3 is 16.2 Å². The normalized spacial score (nSPS) is 17.1. The Balaban J connectivity index is 2.51. The molecule has 3 atom stereocenters. The second kappa shape index (κ2) is 7.41. The summed E-state index contributed by atoms with van der Waals surface area (Å²) in [4.78, 5) is 12.1. The van der Waals surface area contributed by atoms with Crippen molar-refractivity contribution in [3.05, 3.63) is 35.9 Å². The molecule has 0 fully saturated rings. The quantitative estimate of drug-likeness (QED) is 0.715. The van der Waals surface area contributed by atoms with Crippen LogP contribution in [0, 0.1) is 0 Å². The number of aliphatic hydroxyl groups excluding tert-OH is 1. The molecule has 1 amide bonds. The molecule has 0 aliphatic carbocycles. The summed E-state index contributed by atoms with van der Waals surface area (Å²) in [5, 5.41) is 13.0. The number of amides is 1. The summed E-state index contributed by atoms with van der Waals surface area (Å²) in [5.74, 6) is -0.160. The van der Waals surface area contributed by atoms with Gasteiger partial charge in [0.05, 0.1) is 11.6 Å². The average molecular weight is 278 g/mol. The van der Waals surface area contributed by atoms with Crippen molar-refractivity contribution in [1.82, 2.24) is 5.32 Å². The van der Waals surface area contributed by atoms with Gasteiger partial charge in [0.15, 0.2) is 0 Å². The molecule has 0 aliphatic heterocycles. The van der Waals surface area contributed by atoms with Crippen LogP contribution in [0.3, 0.4) is 0 Å². The van der Waals surface area contributed by atoms with Crippen LogP contribution in [0.15, 0.2) is 30.3 Å². The lowest BCUT2D eigenvalue weighted by atomic mass is 9.95. The van der Waals surface area contributed by atoms with Crippen LogP contribution in [0.25, 0.3) is 0 Å². The second-order valence-corrected chi connectivity index (χ2v) is 5.70. The number of benzene rings is 1. The zero-order valence-corrected chi connectivity index (χ0v) is 12.6. The van der Waals surface area contributed by atoms with Crippen molar-refractivity contribution in [3.63, 3.8) is 0 Å². The third kappa shape index (κ3) is 4.94. The average Bonchev–Trinajstić information content (AvgIpc) is 2.39. The highest BCUT2D eigenvalue weighted by molar-refractivity contribution is 5.85. The third-order valence-corrected chi connectivity index (χ3v) is 3.43. The van der Waals surface area contributed by atoms with Gasteiger partial charge in [0.25, 0.3) is 0 Å². The van der Waals surface area contributed by atoms with Crippen LogP contribution in [0.4, 0.5) is 0 Å². The fourth-order valence-electron chi connectivity index (χ4n) is 2.23. The van der Waals surface area contributed by atoms with Gasteiger partial charge in [-0.1, -0.05) is 43.7 Å². The Morgan fingerprint density at radius 1 is 1.40 bits per heavy atom. The summed E-state index contributed by atoms with van der Waals surface area (Å²) in [7, 11) is 0. The van der Waals surface area contributed by atoms with Crippen molar-refractivity contribution in [2.45, 2.75) is 57.7 Å². The molecule has 0 saturated heterocycles. The van der Waals surface area contributed by atoms with Gasteiger partial charge in [-0.15, -0.1) is 0 Å². The van der Waals surface area contributed by atoms with Gasteiger partial charge in [0.2, 0.25) is 5.91 Å². The Kier molecular flexibility index (Phi) is 6.17. The van der Waals surface area contributed by atoms with E-state index in [-0.39, 0.29) is 11.9 Å². The van der Waals surface area contributed by atoms with Gasteiger partial charge in [0.1, 0.15) is 0 Å². The summed E-state index contributed by atoms with van der Waals surface area (Å²) < 4.78 is 0. The lowest BCUT2D eigenvalue weighted by Gasteiger charge is -2.26. The first-order valence-corrected chi connectivity index (χ1v) is 7.19. The van der Waals surface area contributed by atoms with Crippen molar-refractivity contribution in [3.8, 4) is 0 Å². The molecule has 3 unspecified atom stereocenters. The second-order valence-electron chi connectivity index (χ2n) is 5.70. The van der Waals surface area contributed by atoms with Crippen LogP contribution >= 0.6 is 0 Å². The van der Waals surface area contributed by atoms with Crippen LogP contribution in [-0.2, 0) is 4.79 Å². The number of rotatable bonds is 7.